The molecular weight excluding hydrogens is 306 g/mol. The van der Waals surface area contributed by atoms with Gasteiger partial charge in [0.1, 0.15) is 5.75 Å². The van der Waals surface area contributed by atoms with Gasteiger partial charge in [0.2, 0.25) is 10.0 Å². The van der Waals surface area contributed by atoms with E-state index < -0.39 is 16.0 Å². The van der Waals surface area contributed by atoms with Gasteiger partial charge in [-0.3, -0.25) is 4.79 Å². The average Bonchev–Trinajstić information content (AvgIpc) is 2.35. The van der Waals surface area contributed by atoms with Crippen LogP contribution in [0.3, 0.4) is 0 Å². The van der Waals surface area contributed by atoms with Gasteiger partial charge in [-0.1, -0.05) is 18.5 Å². The number of hydrogen-bond donors (Lipinski definition) is 2. The summed E-state index contributed by atoms with van der Waals surface area (Å²) in [6.07, 6.45) is -0.105. The van der Waals surface area contributed by atoms with Crippen LogP contribution in [0.5, 0.6) is 5.75 Å². The van der Waals surface area contributed by atoms with Crippen molar-refractivity contribution in [2.45, 2.75) is 18.2 Å². The number of halogens is 1. The number of aliphatic carboxylic acids is 1. The highest BCUT2D eigenvalue weighted by Gasteiger charge is 2.17. The van der Waals surface area contributed by atoms with Crippen molar-refractivity contribution < 1.29 is 23.1 Å². The number of carboxylic acid groups (broad SMARTS) is 1. The van der Waals surface area contributed by atoms with E-state index in [2.05, 4.69) is 4.72 Å². The van der Waals surface area contributed by atoms with E-state index in [-0.39, 0.29) is 28.8 Å². The number of benzene rings is 1. The molecule has 0 saturated carbocycles. The summed E-state index contributed by atoms with van der Waals surface area (Å²) in [5.41, 5.74) is 0. The monoisotopic (exact) mass is 321 g/mol. The minimum Gasteiger partial charge on any atom is -0.495 e. The number of sulfonamides is 1. The first kappa shape index (κ1) is 16.7. The van der Waals surface area contributed by atoms with Crippen molar-refractivity contribution in [3.63, 3.8) is 0 Å². The first-order valence-electron chi connectivity index (χ1n) is 5.81. The quantitative estimate of drug-likeness (QED) is 0.798. The van der Waals surface area contributed by atoms with E-state index >= 15 is 0 Å². The number of nitrogens with one attached hydrogen (secondary N) is 1. The molecule has 1 unspecified atom stereocenters. The van der Waals surface area contributed by atoms with Crippen LogP contribution >= 0.6 is 11.6 Å². The number of methoxy groups -OCH3 is 1. The Balaban J connectivity index is 2.79. The molecule has 2 N–H and O–H groups in total. The number of rotatable bonds is 7. The summed E-state index contributed by atoms with van der Waals surface area (Å²) >= 11 is 5.87. The zero-order chi connectivity index (χ0) is 15.3. The molecule has 0 spiro atoms. The molecule has 0 heterocycles. The van der Waals surface area contributed by atoms with E-state index in [9.17, 15) is 13.2 Å². The summed E-state index contributed by atoms with van der Waals surface area (Å²) in [5, 5.41) is 8.80. The van der Waals surface area contributed by atoms with Gasteiger partial charge in [0.15, 0.2) is 0 Å². The lowest BCUT2D eigenvalue weighted by atomic mass is 10.1. The highest BCUT2D eigenvalue weighted by Crippen LogP contribution is 2.26. The number of carbonyl (C=O) groups is 1. The molecule has 20 heavy (non-hydrogen) atoms. The second-order valence-corrected chi connectivity index (χ2v) is 6.53. The van der Waals surface area contributed by atoms with Gasteiger partial charge in [-0.15, -0.1) is 0 Å². The van der Waals surface area contributed by atoms with E-state index in [0.29, 0.717) is 5.75 Å². The fourth-order valence-electron chi connectivity index (χ4n) is 1.52. The molecule has 8 heteroatoms. The summed E-state index contributed by atoms with van der Waals surface area (Å²) in [5.74, 6) is -0.898. The van der Waals surface area contributed by atoms with E-state index in [1.165, 1.54) is 25.3 Å². The van der Waals surface area contributed by atoms with E-state index in [1.54, 1.807) is 6.92 Å². The highest BCUT2D eigenvalue weighted by molar-refractivity contribution is 7.89. The average molecular weight is 322 g/mol. The summed E-state index contributed by atoms with van der Waals surface area (Å²) in [4.78, 5) is 10.5. The van der Waals surface area contributed by atoms with E-state index in [0.717, 1.165) is 0 Å². The summed E-state index contributed by atoms with van der Waals surface area (Å²) in [6.45, 7) is 1.69. The van der Waals surface area contributed by atoms with E-state index in [4.69, 9.17) is 21.4 Å². The first-order valence-corrected chi connectivity index (χ1v) is 7.67. The van der Waals surface area contributed by atoms with Gasteiger partial charge in [0.25, 0.3) is 0 Å². The molecule has 0 aliphatic carbocycles. The van der Waals surface area contributed by atoms with Crippen LogP contribution < -0.4 is 9.46 Å². The second kappa shape index (κ2) is 6.92. The minimum atomic E-state index is -3.72. The molecule has 112 valence electrons. The first-order chi connectivity index (χ1) is 9.26. The van der Waals surface area contributed by atoms with Gasteiger partial charge in [0.05, 0.1) is 17.0 Å². The molecular formula is C12H16ClNO5S. The molecule has 0 radical (unpaired) electrons. The third kappa shape index (κ3) is 4.66. The van der Waals surface area contributed by atoms with Gasteiger partial charge < -0.3 is 9.84 Å². The van der Waals surface area contributed by atoms with Crippen LogP contribution in [0.2, 0.25) is 5.02 Å². The Bertz CT molecular complexity index is 588. The molecule has 6 nitrogen and oxygen atoms in total. The molecule has 0 saturated heterocycles. The van der Waals surface area contributed by atoms with Crippen molar-refractivity contribution in [3.05, 3.63) is 23.2 Å². The maximum absolute atomic E-state index is 12.0. The van der Waals surface area contributed by atoms with Crippen molar-refractivity contribution in [2.75, 3.05) is 13.7 Å². The van der Waals surface area contributed by atoms with Crippen LogP contribution in [0.15, 0.2) is 23.1 Å². The minimum absolute atomic E-state index is 0.00539. The predicted molar refractivity (Wildman–Crippen MR) is 74.6 cm³/mol. The maximum atomic E-state index is 12.0. The fourth-order valence-corrected chi connectivity index (χ4v) is 3.03. The van der Waals surface area contributed by atoms with Gasteiger partial charge in [-0.25, -0.2) is 13.1 Å². The lowest BCUT2D eigenvalue weighted by Gasteiger charge is -2.12. The van der Waals surface area contributed by atoms with Gasteiger partial charge in [0, 0.05) is 13.0 Å². The van der Waals surface area contributed by atoms with Crippen molar-refractivity contribution in [1.82, 2.24) is 4.72 Å². The third-order valence-electron chi connectivity index (χ3n) is 2.58. The van der Waals surface area contributed by atoms with Crippen LogP contribution in [0, 0.1) is 5.92 Å². The smallest absolute Gasteiger partial charge is 0.303 e. The molecule has 0 aromatic heterocycles. The summed E-state index contributed by atoms with van der Waals surface area (Å²) < 4.78 is 31.3. The van der Waals surface area contributed by atoms with Gasteiger partial charge >= 0.3 is 5.97 Å². The van der Waals surface area contributed by atoms with Gasteiger partial charge in [-0.05, 0) is 24.1 Å². The normalized spacial score (nSPS) is 12.9. The van der Waals surface area contributed by atoms with Crippen LogP contribution in [0.25, 0.3) is 0 Å². The van der Waals surface area contributed by atoms with E-state index in [1.807, 2.05) is 0 Å². The lowest BCUT2D eigenvalue weighted by Crippen LogP contribution is -2.29. The topological polar surface area (TPSA) is 92.7 Å². The van der Waals surface area contributed by atoms with Crippen LogP contribution in [-0.2, 0) is 14.8 Å². The zero-order valence-corrected chi connectivity index (χ0v) is 12.7. The molecule has 1 atom stereocenters. The molecule has 1 aromatic carbocycles. The van der Waals surface area contributed by atoms with Gasteiger partial charge in [-0.2, -0.15) is 0 Å². The molecule has 0 fully saturated rings. The largest absolute Gasteiger partial charge is 0.495 e. The number of hydrogen-bond acceptors (Lipinski definition) is 4. The Morgan fingerprint density at radius 3 is 2.65 bits per heavy atom. The van der Waals surface area contributed by atoms with Crippen molar-refractivity contribution >= 4 is 27.6 Å². The molecule has 0 amide bonds. The van der Waals surface area contributed by atoms with Crippen molar-refractivity contribution in [1.29, 1.82) is 0 Å². The molecule has 0 bridgehead atoms. The predicted octanol–water partition coefficient (Wildman–Crippen LogP) is 1.74. The molecule has 0 aliphatic rings. The fraction of sp³-hybridized carbons (Fsp3) is 0.417. The number of carboxylic acids is 1. The molecule has 1 aromatic rings. The molecule has 1 rings (SSSR count). The highest BCUT2D eigenvalue weighted by atomic mass is 35.5. The SMILES string of the molecule is COc1ccc(S(=O)(=O)NCC(C)CC(=O)O)cc1Cl. The number of ether oxygens (including phenoxy) is 1. The van der Waals surface area contributed by atoms with Crippen LogP contribution in [-0.4, -0.2) is 33.1 Å². The summed E-state index contributed by atoms with van der Waals surface area (Å²) in [6, 6.07) is 4.11. The van der Waals surface area contributed by atoms with Crippen LogP contribution in [0.4, 0.5) is 0 Å². The second-order valence-electron chi connectivity index (χ2n) is 4.35. The third-order valence-corrected chi connectivity index (χ3v) is 4.30. The Morgan fingerprint density at radius 2 is 2.15 bits per heavy atom. The standard InChI is InChI=1S/C12H16ClNO5S/c1-8(5-12(15)16)7-14-20(17,18)9-3-4-11(19-2)10(13)6-9/h3-4,6,8,14H,5,7H2,1-2H3,(H,15,16). The Kier molecular flexibility index (Phi) is 5.79. The Labute approximate surface area is 122 Å². The Hall–Kier alpha value is -1.31. The zero-order valence-electron chi connectivity index (χ0n) is 11.1. The van der Waals surface area contributed by atoms with Crippen molar-refractivity contribution in [3.8, 4) is 5.75 Å². The van der Waals surface area contributed by atoms with Crippen molar-refractivity contribution in [2.24, 2.45) is 5.92 Å². The Morgan fingerprint density at radius 1 is 1.50 bits per heavy atom. The maximum Gasteiger partial charge on any atom is 0.303 e. The lowest BCUT2D eigenvalue weighted by molar-refractivity contribution is -0.137. The summed E-state index contributed by atoms with van der Waals surface area (Å²) in [7, 11) is -2.29. The van der Waals surface area contributed by atoms with Crippen LogP contribution in [0.1, 0.15) is 13.3 Å². The molecule has 0 aliphatic heterocycles.